The van der Waals surface area contributed by atoms with E-state index in [9.17, 15) is 14.4 Å². The second kappa shape index (κ2) is 8.56. The molecule has 0 saturated carbocycles. The van der Waals surface area contributed by atoms with E-state index in [4.69, 9.17) is 9.15 Å². The Balaban J connectivity index is 1.52. The van der Waals surface area contributed by atoms with Crippen LogP contribution in [0.3, 0.4) is 0 Å². The lowest BCUT2D eigenvalue weighted by Crippen LogP contribution is -2.37. The van der Waals surface area contributed by atoms with Crippen LogP contribution in [0.1, 0.15) is 19.8 Å². The summed E-state index contributed by atoms with van der Waals surface area (Å²) in [6.07, 6.45) is -0.397. The van der Waals surface area contributed by atoms with Gasteiger partial charge in [0.15, 0.2) is 11.7 Å². The molecule has 0 fully saturated rings. The minimum atomic E-state index is -0.893. The van der Waals surface area contributed by atoms with Gasteiger partial charge in [-0.3, -0.25) is 14.2 Å². The number of esters is 1. The summed E-state index contributed by atoms with van der Waals surface area (Å²) in [5.74, 6) is -1.25. The molecule has 1 heterocycles. The summed E-state index contributed by atoms with van der Waals surface area (Å²) in [6, 6.07) is 16.3. The number of amides is 1. The quantitative estimate of drug-likeness (QED) is 0.587. The monoisotopic (exact) mass is 382 g/mol. The number of rotatable bonds is 7. The smallest absolute Gasteiger partial charge is 0.419 e. The number of aromatic nitrogens is 1. The molecule has 28 heavy (non-hydrogen) atoms. The first kappa shape index (κ1) is 19.4. The molecule has 0 bridgehead atoms. The Kier molecular flexibility index (Phi) is 5.93. The number of hydrogen-bond acceptors (Lipinski definition) is 5. The Labute approximate surface area is 162 Å². The maximum absolute atomic E-state index is 12.4. The number of oxazole rings is 1. The fourth-order valence-electron chi connectivity index (χ4n) is 2.97. The Morgan fingerprint density at radius 2 is 1.79 bits per heavy atom. The van der Waals surface area contributed by atoms with Gasteiger partial charge in [-0.2, -0.15) is 0 Å². The van der Waals surface area contributed by atoms with E-state index >= 15 is 0 Å². The number of nitrogens with zero attached hydrogens (tertiary/aromatic N) is 2. The van der Waals surface area contributed by atoms with Crippen molar-refractivity contribution in [3.8, 4) is 0 Å². The van der Waals surface area contributed by atoms with Crippen molar-refractivity contribution in [2.45, 2.75) is 32.4 Å². The molecule has 1 atom stereocenters. The number of ether oxygens (including phenoxy) is 1. The van der Waals surface area contributed by atoms with Crippen LogP contribution in [-0.4, -0.2) is 29.6 Å². The number of anilines is 1. The number of fused-ring (bicyclic) bond motifs is 1. The van der Waals surface area contributed by atoms with E-state index in [1.807, 2.05) is 24.3 Å². The molecule has 0 N–H and O–H groups in total. The topological polar surface area (TPSA) is 81.7 Å². The molecule has 0 radical (unpaired) electrons. The van der Waals surface area contributed by atoms with Gasteiger partial charge in [0, 0.05) is 25.7 Å². The van der Waals surface area contributed by atoms with E-state index in [1.54, 1.807) is 44.3 Å². The number of benzene rings is 2. The maximum Gasteiger partial charge on any atom is 0.419 e. The molecule has 0 aliphatic carbocycles. The second-order valence-corrected chi connectivity index (χ2v) is 6.46. The van der Waals surface area contributed by atoms with Crippen molar-refractivity contribution in [2.24, 2.45) is 0 Å². The minimum absolute atomic E-state index is 0.0959. The van der Waals surface area contributed by atoms with Crippen molar-refractivity contribution in [1.82, 2.24) is 4.57 Å². The lowest BCUT2D eigenvalue weighted by Gasteiger charge is -2.21. The summed E-state index contributed by atoms with van der Waals surface area (Å²) in [6.45, 7) is 1.88. The summed E-state index contributed by atoms with van der Waals surface area (Å²) in [5.41, 5.74) is 1.92. The molecule has 7 heteroatoms. The number of aryl methyl sites for hydroxylation is 1. The summed E-state index contributed by atoms with van der Waals surface area (Å²) in [4.78, 5) is 37.9. The lowest BCUT2D eigenvalue weighted by atomic mass is 10.2. The maximum atomic E-state index is 12.4. The fraction of sp³-hybridized carbons (Fsp3) is 0.286. The highest BCUT2D eigenvalue weighted by Gasteiger charge is 2.22. The predicted molar refractivity (Wildman–Crippen MR) is 105 cm³/mol. The van der Waals surface area contributed by atoms with Crippen LogP contribution in [0.4, 0.5) is 5.69 Å². The van der Waals surface area contributed by atoms with Gasteiger partial charge in [-0.05, 0) is 37.6 Å². The van der Waals surface area contributed by atoms with Crippen LogP contribution in [0, 0.1) is 0 Å². The van der Waals surface area contributed by atoms with Gasteiger partial charge < -0.3 is 14.1 Å². The zero-order valence-electron chi connectivity index (χ0n) is 15.8. The Hall–Kier alpha value is -3.35. The average Bonchev–Trinajstić information content (AvgIpc) is 3.02. The van der Waals surface area contributed by atoms with Crippen LogP contribution in [0.15, 0.2) is 63.8 Å². The van der Waals surface area contributed by atoms with Gasteiger partial charge in [0.1, 0.15) is 0 Å². The van der Waals surface area contributed by atoms with Crippen LogP contribution in [0.25, 0.3) is 11.1 Å². The molecule has 3 rings (SSSR count). The molecular formula is C21H22N2O5. The molecule has 0 spiro atoms. The van der Waals surface area contributed by atoms with Crippen LogP contribution in [0.5, 0.6) is 0 Å². The first-order chi connectivity index (χ1) is 13.5. The van der Waals surface area contributed by atoms with Crippen molar-refractivity contribution in [1.29, 1.82) is 0 Å². The standard InChI is InChI=1S/C21H22N2O5/c1-15(20(25)22(2)16-9-4-3-5-10-16)27-19(24)13-8-14-23-17-11-6-7-12-18(17)28-21(23)26/h3-7,9-12,15H,8,13-14H2,1-2H3/t15-/m1/s1. The third-order valence-electron chi connectivity index (χ3n) is 4.47. The summed E-state index contributed by atoms with van der Waals surface area (Å²) in [7, 11) is 1.64. The van der Waals surface area contributed by atoms with Crippen LogP contribution >= 0.6 is 0 Å². The highest BCUT2D eigenvalue weighted by molar-refractivity contribution is 5.96. The number of carbonyl (C=O) groups excluding carboxylic acids is 2. The van der Waals surface area contributed by atoms with Crippen molar-refractivity contribution in [3.63, 3.8) is 0 Å². The van der Waals surface area contributed by atoms with Gasteiger partial charge in [-0.15, -0.1) is 0 Å². The molecule has 146 valence electrons. The second-order valence-electron chi connectivity index (χ2n) is 6.46. The molecule has 1 aromatic heterocycles. The number of likely N-dealkylation sites (N-methyl/N-ethyl adjacent to an activating group) is 1. The van der Waals surface area contributed by atoms with Gasteiger partial charge in [0.05, 0.1) is 5.52 Å². The van der Waals surface area contributed by atoms with Crippen LogP contribution in [0.2, 0.25) is 0 Å². The molecule has 1 amide bonds. The van der Waals surface area contributed by atoms with Crippen molar-refractivity contribution in [2.75, 3.05) is 11.9 Å². The number of para-hydroxylation sites is 3. The number of hydrogen-bond donors (Lipinski definition) is 0. The largest absolute Gasteiger partial charge is 0.453 e. The minimum Gasteiger partial charge on any atom is -0.453 e. The average molecular weight is 382 g/mol. The summed E-state index contributed by atoms with van der Waals surface area (Å²) < 4.78 is 11.9. The first-order valence-corrected chi connectivity index (χ1v) is 9.08. The molecule has 2 aromatic carbocycles. The Morgan fingerprint density at radius 3 is 2.54 bits per heavy atom. The first-order valence-electron chi connectivity index (χ1n) is 9.08. The highest BCUT2D eigenvalue weighted by Crippen LogP contribution is 2.14. The van der Waals surface area contributed by atoms with Crippen molar-refractivity contribution >= 4 is 28.7 Å². The van der Waals surface area contributed by atoms with E-state index in [2.05, 4.69) is 0 Å². The molecule has 0 unspecified atom stereocenters. The van der Waals surface area contributed by atoms with Gasteiger partial charge >= 0.3 is 11.7 Å². The predicted octanol–water partition coefficient (Wildman–Crippen LogP) is 2.97. The number of carbonyl (C=O) groups is 2. The van der Waals surface area contributed by atoms with Gasteiger partial charge in [0.25, 0.3) is 5.91 Å². The van der Waals surface area contributed by atoms with E-state index in [-0.39, 0.29) is 12.3 Å². The lowest BCUT2D eigenvalue weighted by molar-refractivity contribution is -0.153. The van der Waals surface area contributed by atoms with E-state index < -0.39 is 17.8 Å². The Morgan fingerprint density at radius 1 is 1.11 bits per heavy atom. The van der Waals surface area contributed by atoms with Gasteiger partial charge in [0.2, 0.25) is 0 Å². The van der Waals surface area contributed by atoms with E-state index in [1.165, 1.54) is 9.47 Å². The molecule has 7 nitrogen and oxygen atoms in total. The summed E-state index contributed by atoms with van der Waals surface area (Å²) >= 11 is 0. The third-order valence-corrected chi connectivity index (χ3v) is 4.47. The Bertz CT molecular complexity index is 1020. The summed E-state index contributed by atoms with van der Waals surface area (Å²) in [5, 5.41) is 0. The fourth-order valence-corrected chi connectivity index (χ4v) is 2.97. The van der Waals surface area contributed by atoms with Crippen molar-refractivity contribution in [3.05, 3.63) is 65.1 Å². The van der Waals surface area contributed by atoms with E-state index in [0.717, 1.165) is 5.69 Å². The SMILES string of the molecule is C[C@@H](OC(=O)CCCn1c(=O)oc2ccccc21)C(=O)N(C)c1ccccc1. The van der Waals surface area contributed by atoms with Crippen LogP contribution < -0.4 is 10.7 Å². The van der Waals surface area contributed by atoms with Gasteiger partial charge in [-0.25, -0.2) is 4.79 Å². The molecule has 0 aliphatic heterocycles. The van der Waals surface area contributed by atoms with E-state index in [0.29, 0.717) is 24.1 Å². The molecular weight excluding hydrogens is 360 g/mol. The zero-order valence-corrected chi connectivity index (χ0v) is 15.8. The molecule has 3 aromatic rings. The van der Waals surface area contributed by atoms with Crippen molar-refractivity contribution < 1.29 is 18.7 Å². The normalized spacial score (nSPS) is 11.9. The van der Waals surface area contributed by atoms with Gasteiger partial charge in [-0.1, -0.05) is 30.3 Å². The van der Waals surface area contributed by atoms with Crippen LogP contribution in [-0.2, 0) is 20.9 Å². The zero-order chi connectivity index (χ0) is 20.1. The highest BCUT2D eigenvalue weighted by atomic mass is 16.5. The third kappa shape index (κ3) is 4.31. The molecule has 0 aliphatic rings. The molecule has 0 saturated heterocycles.